The summed E-state index contributed by atoms with van der Waals surface area (Å²) in [6.07, 6.45) is 4.66. The number of carbonyl (C=O) groups excluding carboxylic acids is 1. The number of hydrogen-bond donors (Lipinski definition) is 3. The van der Waals surface area contributed by atoms with Crippen LogP contribution in [-0.4, -0.2) is 20.9 Å². The zero-order chi connectivity index (χ0) is 13.7. The number of aryl methyl sites for hydroxylation is 1. The van der Waals surface area contributed by atoms with Gasteiger partial charge in [0.25, 0.3) is 5.91 Å². The van der Waals surface area contributed by atoms with Crippen LogP contribution in [0.5, 0.6) is 0 Å². The van der Waals surface area contributed by atoms with Crippen LogP contribution in [0.15, 0.2) is 30.7 Å². The minimum atomic E-state index is -0.266. The van der Waals surface area contributed by atoms with E-state index < -0.39 is 0 Å². The first-order valence-electron chi connectivity index (χ1n) is 5.68. The molecule has 0 unspecified atom stereocenters. The Kier molecular flexibility index (Phi) is 3.99. The van der Waals surface area contributed by atoms with Gasteiger partial charge in [-0.25, -0.2) is 9.97 Å². The van der Waals surface area contributed by atoms with E-state index in [2.05, 4.69) is 25.7 Å². The Morgan fingerprint density at radius 2 is 2.21 bits per heavy atom. The molecule has 2 heterocycles. The average molecular weight is 258 g/mol. The van der Waals surface area contributed by atoms with Crippen LogP contribution in [0.2, 0.25) is 0 Å². The van der Waals surface area contributed by atoms with Gasteiger partial charge >= 0.3 is 0 Å². The van der Waals surface area contributed by atoms with E-state index in [0.29, 0.717) is 23.6 Å². The predicted octanol–water partition coefficient (Wildman–Crippen LogP) is 0.396. The summed E-state index contributed by atoms with van der Waals surface area (Å²) >= 11 is 0. The number of hydrogen-bond acceptors (Lipinski definition) is 6. The smallest absolute Gasteiger partial charge is 0.255 e. The molecule has 2 aromatic rings. The number of rotatable bonds is 4. The standard InChI is InChI=1S/C12H14N6O/c1-8-15-5-2-9(17-8)6-16-12(19)10-7-14-4-3-11(10)18-13/h2-5,7H,6,13H2,1H3,(H,14,18)(H,16,19). The average Bonchev–Trinajstić information content (AvgIpc) is 2.45. The lowest BCUT2D eigenvalue weighted by atomic mass is 10.2. The second-order valence-corrected chi connectivity index (χ2v) is 3.84. The second kappa shape index (κ2) is 5.87. The largest absolute Gasteiger partial charge is 0.346 e. The SMILES string of the molecule is Cc1nccc(CNC(=O)c2cnccc2NN)n1. The van der Waals surface area contributed by atoms with E-state index >= 15 is 0 Å². The Morgan fingerprint density at radius 1 is 1.37 bits per heavy atom. The highest BCUT2D eigenvalue weighted by molar-refractivity contribution is 5.99. The van der Waals surface area contributed by atoms with Crippen LogP contribution in [-0.2, 0) is 6.54 Å². The van der Waals surface area contributed by atoms with Crippen LogP contribution in [0.1, 0.15) is 21.9 Å². The molecule has 0 spiro atoms. The highest BCUT2D eigenvalue weighted by Crippen LogP contribution is 2.11. The van der Waals surface area contributed by atoms with E-state index in [-0.39, 0.29) is 5.91 Å². The monoisotopic (exact) mass is 258 g/mol. The van der Waals surface area contributed by atoms with Crippen molar-refractivity contribution in [1.82, 2.24) is 20.3 Å². The van der Waals surface area contributed by atoms with E-state index in [0.717, 1.165) is 5.69 Å². The van der Waals surface area contributed by atoms with Crippen molar-refractivity contribution in [3.8, 4) is 0 Å². The summed E-state index contributed by atoms with van der Waals surface area (Å²) in [5, 5.41) is 2.75. The summed E-state index contributed by atoms with van der Waals surface area (Å²) in [4.78, 5) is 24.1. The van der Waals surface area contributed by atoms with Gasteiger partial charge in [0, 0.05) is 18.6 Å². The number of pyridine rings is 1. The molecule has 0 radical (unpaired) electrons. The van der Waals surface area contributed by atoms with Crippen molar-refractivity contribution in [2.75, 3.05) is 5.43 Å². The molecule has 0 aromatic carbocycles. The molecule has 7 heteroatoms. The molecule has 2 rings (SSSR count). The lowest BCUT2D eigenvalue weighted by Gasteiger charge is -2.08. The van der Waals surface area contributed by atoms with E-state index in [1.54, 1.807) is 31.5 Å². The fourth-order valence-electron chi connectivity index (χ4n) is 1.57. The maximum absolute atomic E-state index is 12.0. The molecule has 0 saturated carbocycles. The predicted molar refractivity (Wildman–Crippen MR) is 70.0 cm³/mol. The summed E-state index contributed by atoms with van der Waals surface area (Å²) < 4.78 is 0. The lowest BCUT2D eigenvalue weighted by Crippen LogP contribution is -2.25. The number of nitrogens with two attached hydrogens (primary N) is 1. The normalized spacial score (nSPS) is 10.0. The zero-order valence-electron chi connectivity index (χ0n) is 10.4. The quantitative estimate of drug-likeness (QED) is 0.541. The summed E-state index contributed by atoms with van der Waals surface area (Å²) in [6.45, 7) is 2.12. The number of aromatic nitrogens is 3. The Bertz CT molecular complexity index is 586. The van der Waals surface area contributed by atoms with Crippen molar-refractivity contribution in [1.29, 1.82) is 0 Å². The van der Waals surface area contributed by atoms with Gasteiger partial charge in [-0.15, -0.1) is 0 Å². The van der Waals surface area contributed by atoms with Crippen LogP contribution < -0.4 is 16.6 Å². The molecular formula is C12H14N6O. The third-order valence-electron chi connectivity index (χ3n) is 2.48. The summed E-state index contributed by atoms with van der Waals surface area (Å²) in [5.74, 6) is 5.74. The van der Waals surface area contributed by atoms with Gasteiger partial charge < -0.3 is 10.7 Å². The van der Waals surface area contributed by atoms with Crippen molar-refractivity contribution in [2.45, 2.75) is 13.5 Å². The van der Waals surface area contributed by atoms with Gasteiger partial charge in [-0.3, -0.25) is 15.6 Å². The topological polar surface area (TPSA) is 106 Å². The highest BCUT2D eigenvalue weighted by Gasteiger charge is 2.10. The molecule has 0 aliphatic carbocycles. The zero-order valence-corrected chi connectivity index (χ0v) is 10.4. The minimum Gasteiger partial charge on any atom is -0.346 e. The fraction of sp³-hybridized carbons (Fsp3) is 0.167. The molecular weight excluding hydrogens is 244 g/mol. The van der Waals surface area contributed by atoms with Crippen molar-refractivity contribution < 1.29 is 4.79 Å². The van der Waals surface area contributed by atoms with E-state index in [1.807, 2.05) is 0 Å². The molecule has 0 aliphatic rings. The van der Waals surface area contributed by atoms with Crippen LogP contribution >= 0.6 is 0 Å². The van der Waals surface area contributed by atoms with Crippen LogP contribution in [0.3, 0.4) is 0 Å². The van der Waals surface area contributed by atoms with Gasteiger partial charge in [0.2, 0.25) is 0 Å². The third kappa shape index (κ3) is 3.23. The number of amides is 1. The summed E-state index contributed by atoms with van der Waals surface area (Å²) in [6, 6.07) is 3.38. The molecule has 0 saturated heterocycles. The maximum atomic E-state index is 12.0. The molecule has 98 valence electrons. The number of carbonyl (C=O) groups is 1. The third-order valence-corrected chi connectivity index (χ3v) is 2.48. The Hall–Kier alpha value is -2.54. The number of nitrogens with one attached hydrogen (secondary N) is 2. The fourth-order valence-corrected chi connectivity index (χ4v) is 1.57. The van der Waals surface area contributed by atoms with Gasteiger partial charge in [-0.1, -0.05) is 0 Å². The van der Waals surface area contributed by atoms with Gasteiger partial charge in [0.1, 0.15) is 5.82 Å². The Labute approximate surface area is 110 Å². The van der Waals surface area contributed by atoms with Crippen molar-refractivity contribution in [3.63, 3.8) is 0 Å². The Balaban J connectivity index is 2.05. The number of hydrazine groups is 1. The number of anilines is 1. The van der Waals surface area contributed by atoms with Crippen molar-refractivity contribution in [3.05, 3.63) is 47.8 Å². The molecule has 0 bridgehead atoms. The van der Waals surface area contributed by atoms with Crippen LogP contribution in [0, 0.1) is 6.92 Å². The van der Waals surface area contributed by atoms with E-state index in [9.17, 15) is 4.79 Å². The van der Waals surface area contributed by atoms with Crippen LogP contribution in [0.4, 0.5) is 5.69 Å². The van der Waals surface area contributed by atoms with Crippen molar-refractivity contribution >= 4 is 11.6 Å². The van der Waals surface area contributed by atoms with Gasteiger partial charge in [-0.2, -0.15) is 0 Å². The maximum Gasteiger partial charge on any atom is 0.255 e. The van der Waals surface area contributed by atoms with Crippen LogP contribution in [0.25, 0.3) is 0 Å². The molecule has 2 aromatic heterocycles. The molecule has 0 atom stereocenters. The van der Waals surface area contributed by atoms with Gasteiger partial charge in [-0.05, 0) is 19.1 Å². The number of nitrogen functional groups attached to an aromatic ring is 1. The number of nitrogens with zero attached hydrogens (tertiary/aromatic N) is 3. The van der Waals surface area contributed by atoms with Crippen molar-refractivity contribution in [2.24, 2.45) is 5.84 Å². The molecule has 1 amide bonds. The first-order chi connectivity index (χ1) is 9.20. The lowest BCUT2D eigenvalue weighted by molar-refractivity contribution is 0.0951. The first kappa shape index (κ1) is 12.9. The Morgan fingerprint density at radius 3 is 2.95 bits per heavy atom. The van der Waals surface area contributed by atoms with Gasteiger partial charge in [0.15, 0.2) is 0 Å². The molecule has 19 heavy (non-hydrogen) atoms. The first-order valence-corrected chi connectivity index (χ1v) is 5.68. The molecule has 4 N–H and O–H groups in total. The molecule has 0 fully saturated rings. The minimum absolute atomic E-state index is 0.266. The highest BCUT2D eigenvalue weighted by atomic mass is 16.1. The van der Waals surface area contributed by atoms with E-state index in [1.165, 1.54) is 6.20 Å². The summed E-state index contributed by atoms with van der Waals surface area (Å²) in [5.41, 5.74) is 4.10. The molecule has 0 aliphatic heterocycles. The van der Waals surface area contributed by atoms with E-state index in [4.69, 9.17) is 5.84 Å². The molecule has 7 nitrogen and oxygen atoms in total. The van der Waals surface area contributed by atoms with Gasteiger partial charge in [0.05, 0.1) is 23.5 Å². The second-order valence-electron chi connectivity index (χ2n) is 3.84. The summed E-state index contributed by atoms with van der Waals surface area (Å²) in [7, 11) is 0.